The highest BCUT2D eigenvalue weighted by atomic mass is 32.1. The van der Waals surface area contributed by atoms with Crippen molar-refractivity contribution in [2.45, 2.75) is 32.9 Å². The molecule has 114 valence electrons. The molecule has 1 N–H and O–H groups in total. The van der Waals surface area contributed by atoms with Crippen LogP contribution < -0.4 is 5.32 Å². The predicted octanol–water partition coefficient (Wildman–Crippen LogP) is 3.92. The summed E-state index contributed by atoms with van der Waals surface area (Å²) in [7, 11) is 2.21. The summed E-state index contributed by atoms with van der Waals surface area (Å²) in [6, 6.07) is 13.1. The van der Waals surface area contributed by atoms with E-state index in [1.807, 2.05) is 11.3 Å². The molecule has 0 unspecified atom stereocenters. The Kier molecular flexibility index (Phi) is 6.93. The zero-order valence-corrected chi connectivity index (χ0v) is 14.0. The molecule has 1 aromatic carbocycles. The van der Waals surface area contributed by atoms with Crippen molar-refractivity contribution in [3.63, 3.8) is 0 Å². The summed E-state index contributed by atoms with van der Waals surface area (Å²) in [5.74, 6) is 0. The van der Waals surface area contributed by atoms with Gasteiger partial charge in [0.1, 0.15) is 0 Å². The lowest BCUT2D eigenvalue weighted by Gasteiger charge is -2.19. The normalized spacial score (nSPS) is 11.2. The molecule has 0 amide bonds. The topological polar surface area (TPSA) is 15.3 Å². The number of likely N-dealkylation sites (N-methyl/N-ethyl adjacent to an activating group) is 1. The Morgan fingerprint density at radius 3 is 2.62 bits per heavy atom. The van der Waals surface area contributed by atoms with Crippen LogP contribution in [0.25, 0.3) is 0 Å². The third-order valence-electron chi connectivity index (χ3n) is 3.62. The molecule has 0 bridgehead atoms. The summed E-state index contributed by atoms with van der Waals surface area (Å²) in [6.45, 7) is 6.40. The Morgan fingerprint density at radius 2 is 1.90 bits per heavy atom. The van der Waals surface area contributed by atoms with E-state index in [4.69, 9.17) is 0 Å². The fourth-order valence-corrected chi connectivity index (χ4v) is 3.11. The van der Waals surface area contributed by atoms with Gasteiger partial charge in [-0.1, -0.05) is 37.3 Å². The van der Waals surface area contributed by atoms with Crippen LogP contribution in [0.1, 0.15) is 29.3 Å². The standard InChI is InChI=1S/C18H26N2S/c1-3-11-19-14-16-7-4-5-8-17(16)15-20(2)12-10-18-9-6-13-21-18/h4-9,13,19H,3,10-12,14-15H2,1-2H3. The molecule has 0 aliphatic heterocycles. The Hall–Kier alpha value is -1.16. The summed E-state index contributed by atoms with van der Waals surface area (Å²) < 4.78 is 0. The SMILES string of the molecule is CCCNCc1ccccc1CN(C)CCc1cccs1. The van der Waals surface area contributed by atoms with Gasteiger partial charge < -0.3 is 10.2 Å². The van der Waals surface area contributed by atoms with Gasteiger partial charge in [0, 0.05) is 24.5 Å². The molecular weight excluding hydrogens is 276 g/mol. The number of benzene rings is 1. The quantitative estimate of drug-likeness (QED) is 0.706. The molecule has 1 aromatic heterocycles. The number of hydrogen-bond acceptors (Lipinski definition) is 3. The second-order valence-corrected chi connectivity index (χ2v) is 6.54. The van der Waals surface area contributed by atoms with Crippen LogP contribution in [-0.4, -0.2) is 25.0 Å². The van der Waals surface area contributed by atoms with E-state index in [1.54, 1.807) is 0 Å². The Balaban J connectivity index is 1.85. The molecule has 2 rings (SSSR count). The van der Waals surface area contributed by atoms with Crippen LogP contribution in [0.4, 0.5) is 0 Å². The third-order valence-corrected chi connectivity index (χ3v) is 4.56. The highest BCUT2D eigenvalue weighted by molar-refractivity contribution is 7.09. The van der Waals surface area contributed by atoms with Gasteiger partial charge in [-0.15, -0.1) is 11.3 Å². The van der Waals surface area contributed by atoms with Crippen molar-refractivity contribution in [1.29, 1.82) is 0 Å². The van der Waals surface area contributed by atoms with Crippen LogP contribution in [0.3, 0.4) is 0 Å². The lowest BCUT2D eigenvalue weighted by atomic mass is 10.1. The molecule has 2 aromatic rings. The van der Waals surface area contributed by atoms with Crippen molar-refractivity contribution >= 4 is 11.3 Å². The monoisotopic (exact) mass is 302 g/mol. The van der Waals surface area contributed by atoms with E-state index in [9.17, 15) is 0 Å². The minimum atomic E-state index is 0.975. The lowest BCUT2D eigenvalue weighted by Crippen LogP contribution is -2.22. The van der Waals surface area contributed by atoms with Gasteiger partial charge >= 0.3 is 0 Å². The first-order valence-corrected chi connectivity index (χ1v) is 8.66. The van der Waals surface area contributed by atoms with Crippen LogP contribution in [0.2, 0.25) is 0 Å². The van der Waals surface area contributed by atoms with E-state index in [0.717, 1.165) is 32.6 Å². The van der Waals surface area contributed by atoms with E-state index in [0.29, 0.717) is 0 Å². The Morgan fingerprint density at radius 1 is 1.10 bits per heavy atom. The zero-order chi connectivity index (χ0) is 14.9. The van der Waals surface area contributed by atoms with Crippen LogP contribution in [0, 0.1) is 0 Å². The van der Waals surface area contributed by atoms with Crippen molar-refractivity contribution < 1.29 is 0 Å². The first-order valence-electron chi connectivity index (χ1n) is 7.78. The van der Waals surface area contributed by atoms with E-state index in [2.05, 4.69) is 66.0 Å². The number of rotatable bonds is 9. The molecule has 0 saturated heterocycles. The first-order chi connectivity index (χ1) is 10.3. The van der Waals surface area contributed by atoms with Crippen molar-refractivity contribution in [2.75, 3.05) is 20.1 Å². The van der Waals surface area contributed by atoms with Gasteiger partial charge in [0.25, 0.3) is 0 Å². The average Bonchev–Trinajstić information content (AvgIpc) is 3.00. The van der Waals surface area contributed by atoms with Gasteiger partial charge in [0.2, 0.25) is 0 Å². The highest BCUT2D eigenvalue weighted by Crippen LogP contribution is 2.13. The van der Waals surface area contributed by atoms with Crippen LogP contribution in [0.5, 0.6) is 0 Å². The summed E-state index contributed by atoms with van der Waals surface area (Å²) in [4.78, 5) is 3.89. The first kappa shape index (κ1) is 16.2. The largest absolute Gasteiger partial charge is 0.313 e. The maximum Gasteiger partial charge on any atom is 0.0234 e. The molecule has 0 atom stereocenters. The predicted molar refractivity (Wildman–Crippen MR) is 92.8 cm³/mol. The molecule has 2 nitrogen and oxygen atoms in total. The molecule has 0 spiro atoms. The molecular formula is C18H26N2S. The summed E-state index contributed by atoms with van der Waals surface area (Å²) in [5.41, 5.74) is 2.86. The van der Waals surface area contributed by atoms with Crippen molar-refractivity contribution in [3.8, 4) is 0 Å². The van der Waals surface area contributed by atoms with Crippen molar-refractivity contribution in [2.24, 2.45) is 0 Å². The second-order valence-electron chi connectivity index (χ2n) is 5.51. The van der Waals surface area contributed by atoms with Gasteiger partial charge in [0.05, 0.1) is 0 Å². The third kappa shape index (κ3) is 5.62. The maximum absolute atomic E-state index is 3.50. The fourth-order valence-electron chi connectivity index (χ4n) is 2.41. The van der Waals surface area contributed by atoms with Gasteiger partial charge in [0.15, 0.2) is 0 Å². The molecule has 0 aliphatic carbocycles. The van der Waals surface area contributed by atoms with Crippen LogP contribution in [-0.2, 0) is 19.5 Å². The molecule has 0 aliphatic rings. The zero-order valence-electron chi connectivity index (χ0n) is 13.1. The van der Waals surface area contributed by atoms with Gasteiger partial charge in [-0.25, -0.2) is 0 Å². The maximum atomic E-state index is 3.50. The second kappa shape index (κ2) is 8.98. The number of nitrogens with one attached hydrogen (secondary N) is 1. The minimum Gasteiger partial charge on any atom is -0.313 e. The van der Waals surface area contributed by atoms with Crippen molar-refractivity contribution in [1.82, 2.24) is 10.2 Å². The molecule has 0 radical (unpaired) electrons. The van der Waals surface area contributed by atoms with Gasteiger partial charge in [-0.2, -0.15) is 0 Å². The number of thiophene rings is 1. The fraction of sp³-hybridized carbons (Fsp3) is 0.444. The molecule has 0 fully saturated rings. The van der Waals surface area contributed by atoms with E-state index < -0.39 is 0 Å². The lowest BCUT2D eigenvalue weighted by molar-refractivity contribution is 0.330. The van der Waals surface area contributed by atoms with Gasteiger partial charge in [-0.3, -0.25) is 0 Å². The number of hydrogen-bond donors (Lipinski definition) is 1. The number of nitrogens with zero attached hydrogens (tertiary/aromatic N) is 1. The van der Waals surface area contributed by atoms with Gasteiger partial charge in [-0.05, 0) is 49.0 Å². The minimum absolute atomic E-state index is 0.975. The van der Waals surface area contributed by atoms with Crippen LogP contribution in [0.15, 0.2) is 41.8 Å². The summed E-state index contributed by atoms with van der Waals surface area (Å²) in [5, 5.41) is 5.66. The van der Waals surface area contributed by atoms with Crippen molar-refractivity contribution in [3.05, 3.63) is 57.8 Å². The molecule has 21 heavy (non-hydrogen) atoms. The average molecular weight is 302 g/mol. The van der Waals surface area contributed by atoms with E-state index in [1.165, 1.54) is 22.4 Å². The van der Waals surface area contributed by atoms with E-state index >= 15 is 0 Å². The highest BCUT2D eigenvalue weighted by Gasteiger charge is 2.06. The summed E-state index contributed by atoms with van der Waals surface area (Å²) in [6.07, 6.45) is 2.33. The Labute approximate surface area is 132 Å². The smallest absolute Gasteiger partial charge is 0.0234 e. The van der Waals surface area contributed by atoms with Crippen LogP contribution >= 0.6 is 11.3 Å². The summed E-state index contributed by atoms with van der Waals surface area (Å²) >= 11 is 1.85. The Bertz CT molecular complexity index is 508. The molecule has 1 heterocycles. The molecule has 3 heteroatoms. The molecule has 0 saturated carbocycles. The van der Waals surface area contributed by atoms with E-state index in [-0.39, 0.29) is 0 Å².